The third-order valence-corrected chi connectivity index (χ3v) is 0.888. The molecule has 0 saturated heterocycles. The van der Waals surface area contributed by atoms with Crippen molar-refractivity contribution >= 4 is 6.41 Å². The van der Waals surface area contributed by atoms with Gasteiger partial charge in [0.15, 0.2) is 0 Å². The zero-order chi connectivity index (χ0) is 6.24. The molecule has 0 heterocycles. The van der Waals surface area contributed by atoms with Gasteiger partial charge in [0.25, 0.3) is 0 Å². The zero-order valence-electron chi connectivity index (χ0n) is 5.18. The van der Waals surface area contributed by atoms with Crippen molar-refractivity contribution in [3.05, 3.63) is 6.54 Å². The molecule has 2 nitrogen and oxygen atoms in total. The van der Waals surface area contributed by atoms with Crippen molar-refractivity contribution in [2.45, 2.75) is 26.2 Å². The Morgan fingerprint density at radius 1 is 1.62 bits per heavy atom. The van der Waals surface area contributed by atoms with E-state index in [1.54, 1.807) is 6.54 Å². The van der Waals surface area contributed by atoms with Crippen molar-refractivity contribution in [3.63, 3.8) is 0 Å². The highest BCUT2D eigenvalue weighted by Gasteiger charge is 1.81. The van der Waals surface area contributed by atoms with Crippen LogP contribution in [0, 0.1) is 6.54 Å². The molecule has 1 N–H and O–H groups in total. The summed E-state index contributed by atoms with van der Waals surface area (Å²) in [5, 5.41) is 2.48. The summed E-state index contributed by atoms with van der Waals surface area (Å²) < 4.78 is 0. The van der Waals surface area contributed by atoms with Crippen molar-refractivity contribution < 1.29 is 4.79 Å². The highest BCUT2D eigenvalue weighted by Crippen LogP contribution is 1.92. The van der Waals surface area contributed by atoms with Crippen LogP contribution in [0.25, 0.3) is 0 Å². The van der Waals surface area contributed by atoms with Gasteiger partial charge in [-0.2, -0.15) is 0 Å². The first-order valence-corrected chi connectivity index (χ1v) is 2.93. The lowest BCUT2D eigenvalue weighted by molar-refractivity contribution is -0.109. The SMILES string of the molecule is CCCC[CH]NC=O. The van der Waals surface area contributed by atoms with Gasteiger partial charge in [0, 0.05) is 6.54 Å². The molecule has 8 heavy (non-hydrogen) atoms. The Bertz CT molecular complexity index is 54.5. The number of unbranched alkanes of at least 4 members (excludes halogenated alkanes) is 2. The van der Waals surface area contributed by atoms with Gasteiger partial charge in [0.1, 0.15) is 0 Å². The molecule has 0 aliphatic carbocycles. The van der Waals surface area contributed by atoms with E-state index in [0.29, 0.717) is 6.41 Å². The summed E-state index contributed by atoms with van der Waals surface area (Å²) in [4.78, 5) is 9.63. The first kappa shape index (κ1) is 7.47. The minimum atomic E-state index is 0.690. The van der Waals surface area contributed by atoms with Gasteiger partial charge in [-0.25, -0.2) is 0 Å². The lowest BCUT2D eigenvalue weighted by Gasteiger charge is -1.92. The van der Waals surface area contributed by atoms with Crippen LogP contribution in [0.15, 0.2) is 0 Å². The number of carbonyl (C=O) groups is 1. The molecule has 2 heteroatoms. The maximum absolute atomic E-state index is 9.63. The molecule has 0 aliphatic heterocycles. The normalized spacial score (nSPS) is 8.62. The van der Waals surface area contributed by atoms with Gasteiger partial charge in [0.05, 0.1) is 0 Å². The maximum atomic E-state index is 9.63. The Labute approximate surface area is 50.3 Å². The van der Waals surface area contributed by atoms with Crippen LogP contribution in [0.1, 0.15) is 26.2 Å². The molecule has 0 unspecified atom stereocenters. The largest absolute Gasteiger partial charge is 0.354 e. The van der Waals surface area contributed by atoms with Gasteiger partial charge < -0.3 is 5.32 Å². The van der Waals surface area contributed by atoms with Crippen molar-refractivity contribution in [2.75, 3.05) is 0 Å². The number of carbonyl (C=O) groups excluding carboxylic acids is 1. The van der Waals surface area contributed by atoms with E-state index in [-0.39, 0.29) is 0 Å². The Kier molecular flexibility index (Phi) is 6.04. The van der Waals surface area contributed by atoms with Gasteiger partial charge >= 0.3 is 0 Å². The van der Waals surface area contributed by atoms with Crippen molar-refractivity contribution in [2.24, 2.45) is 0 Å². The summed E-state index contributed by atoms with van der Waals surface area (Å²) in [6.07, 6.45) is 4.00. The lowest BCUT2D eigenvalue weighted by atomic mass is 10.2. The molecule has 0 aromatic heterocycles. The average Bonchev–Trinajstić information content (AvgIpc) is 1.81. The van der Waals surface area contributed by atoms with E-state index in [1.165, 1.54) is 6.42 Å². The predicted molar refractivity (Wildman–Crippen MR) is 33.0 cm³/mol. The molecule has 0 fully saturated rings. The second-order valence-corrected chi connectivity index (χ2v) is 1.63. The van der Waals surface area contributed by atoms with Gasteiger partial charge in [-0.05, 0) is 6.42 Å². The zero-order valence-corrected chi connectivity index (χ0v) is 5.18. The standard InChI is InChI=1S/C6H12NO/c1-2-3-4-5-7-6-8/h5-6H,2-4H2,1H3,(H,7,8). The Balaban J connectivity index is 2.62. The first-order valence-electron chi connectivity index (χ1n) is 2.93. The molecule has 1 radical (unpaired) electrons. The Hall–Kier alpha value is -0.530. The monoisotopic (exact) mass is 114 g/mol. The Morgan fingerprint density at radius 2 is 2.38 bits per heavy atom. The highest BCUT2D eigenvalue weighted by atomic mass is 16.1. The fraction of sp³-hybridized carbons (Fsp3) is 0.667. The Morgan fingerprint density at radius 3 is 2.88 bits per heavy atom. The van der Waals surface area contributed by atoms with Crippen molar-refractivity contribution in [1.29, 1.82) is 0 Å². The molecule has 1 amide bonds. The third-order valence-electron chi connectivity index (χ3n) is 0.888. The quantitative estimate of drug-likeness (QED) is 0.420. The first-order chi connectivity index (χ1) is 3.91. The molecule has 47 valence electrons. The third kappa shape index (κ3) is 5.47. The van der Waals surface area contributed by atoms with E-state index in [0.717, 1.165) is 12.8 Å². The van der Waals surface area contributed by atoms with E-state index < -0.39 is 0 Å². The molecule has 0 aromatic carbocycles. The predicted octanol–water partition coefficient (Wildman–Crippen LogP) is 1.08. The summed E-state index contributed by atoms with van der Waals surface area (Å²) >= 11 is 0. The van der Waals surface area contributed by atoms with Crippen LogP contribution in [-0.4, -0.2) is 6.41 Å². The van der Waals surface area contributed by atoms with Crippen LogP contribution in [0.3, 0.4) is 0 Å². The molecular weight excluding hydrogens is 102 g/mol. The van der Waals surface area contributed by atoms with Crippen LogP contribution in [0.5, 0.6) is 0 Å². The van der Waals surface area contributed by atoms with Crippen LogP contribution in [-0.2, 0) is 4.79 Å². The second kappa shape index (κ2) is 6.47. The van der Waals surface area contributed by atoms with E-state index in [2.05, 4.69) is 12.2 Å². The van der Waals surface area contributed by atoms with Gasteiger partial charge in [-0.3, -0.25) is 4.79 Å². The number of amides is 1. The number of hydrogen-bond donors (Lipinski definition) is 1. The summed E-state index contributed by atoms with van der Waals surface area (Å²) in [7, 11) is 0. The van der Waals surface area contributed by atoms with Gasteiger partial charge in [-0.15, -0.1) is 0 Å². The molecular formula is C6H12NO. The number of rotatable bonds is 5. The molecule has 0 atom stereocenters. The fourth-order valence-corrected chi connectivity index (χ4v) is 0.438. The van der Waals surface area contributed by atoms with Gasteiger partial charge in [0.2, 0.25) is 6.41 Å². The maximum Gasteiger partial charge on any atom is 0.207 e. The summed E-state index contributed by atoms with van der Waals surface area (Å²) in [5.41, 5.74) is 0. The minimum absolute atomic E-state index is 0.690. The van der Waals surface area contributed by atoms with Crippen LogP contribution in [0.4, 0.5) is 0 Å². The topological polar surface area (TPSA) is 29.1 Å². The van der Waals surface area contributed by atoms with Crippen molar-refractivity contribution in [1.82, 2.24) is 5.32 Å². The second-order valence-electron chi connectivity index (χ2n) is 1.63. The minimum Gasteiger partial charge on any atom is -0.354 e. The molecule has 0 bridgehead atoms. The summed E-state index contributed by atoms with van der Waals surface area (Å²) in [5.74, 6) is 0. The average molecular weight is 114 g/mol. The van der Waals surface area contributed by atoms with Crippen LogP contribution < -0.4 is 5.32 Å². The highest BCUT2D eigenvalue weighted by molar-refractivity contribution is 5.46. The summed E-state index contributed by atoms with van der Waals surface area (Å²) in [6.45, 7) is 3.89. The van der Waals surface area contributed by atoms with E-state index in [4.69, 9.17) is 0 Å². The number of nitrogens with one attached hydrogen (secondary N) is 1. The van der Waals surface area contributed by atoms with E-state index in [9.17, 15) is 4.79 Å². The smallest absolute Gasteiger partial charge is 0.207 e. The molecule has 0 rings (SSSR count). The fourth-order valence-electron chi connectivity index (χ4n) is 0.438. The summed E-state index contributed by atoms with van der Waals surface area (Å²) in [6, 6.07) is 0. The van der Waals surface area contributed by atoms with Crippen LogP contribution in [0.2, 0.25) is 0 Å². The molecule has 0 aliphatic rings. The van der Waals surface area contributed by atoms with E-state index in [1.807, 2.05) is 0 Å². The molecule has 0 saturated carbocycles. The van der Waals surface area contributed by atoms with E-state index >= 15 is 0 Å². The van der Waals surface area contributed by atoms with Gasteiger partial charge in [-0.1, -0.05) is 19.8 Å². The van der Waals surface area contributed by atoms with Crippen molar-refractivity contribution in [3.8, 4) is 0 Å². The molecule has 0 aromatic rings. The molecule has 0 spiro atoms. The van der Waals surface area contributed by atoms with Crippen LogP contribution >= 0.6 is 0 Å². The number of hydrogen-bond acceptors (Lipinski definition) is 1. The lowest BCUT2D eigenvalue weighted by Crippen LogP contribution is -2.05.